The van der Waals surface area contributed by atoms with Gasteiger partial charge in [-0.15, -0.1) is 0 Å². The van der Waals surface area contributed by atoms with Crippen molar-refractivity contribution in [1.29, 1.82) is 0 Å². The summed E-state index contributed by atoms with van der Waals surface area (Å²) in [5.41, 5.74) is 1.95. The third kappa shape index (κ3) is 4.01. The summed E-state index contributed by atoms with van der Waals surface area (Å²) in [7, 11) is 2.86. The maximum atomic E-state index is 12.3. The molecule has 0 bridgehead atoms. The first-order chi connectivity index (χ1) is 11.6. The SMILES string of the molecule is COC(=O)/C(NC(=O)c1ccccc1)=C(\C)c1ccc(OC)cc1. The average molecular weight is 325 g/mol. The number of methoxy groups -OCH3 is 2. The molecule has 5 heteroatoms. The zero-order valence-electron chi connectivity index (χ0n) is 13.8. The van der Waals surface area contributed by atoms with Gasteiger partial charge >= 0.3 is 5.97 Å². The highest BCUT2D eigenvalue weighted by Crippen LogP contribution is 2.21. The molecule has 0 aliphatic heterocycles. The van der Waals surface area contributed by atoms with Crippen molar-refractivity contribution in [2.24, 2.45) is 0 Å². The zero-order chi connectivity index (χ0) is 17.5. The van der Waals surface area contributed by atoms with Crippen molar-refractivity contribution in [3.63, 3.8) is 0 Å². The number of carbonyl (C=O) groups excluding carboxylic acids is 2. The van der Waals surface area contributed by atoms with Gasteiger partial charge in [-0.1, -0.05) is 30.3 Å². The van der Waals surface area contributed by atoms with Gasteiger partial charge in [-0.05, 0) is 42.3 Å². The topological polar surface area (TPSA) is 64.6 Å². The molecule has 5 nitrogen and oxygen atoms in total. The molecule has 0 saturated carbocycles. The van der Waals surface area contributed by atoms with Gasteiger partial charge < -0.3 is 14.8 Å². The second kappa shape index (κ2) is 7.97. The van der Waals surface area contributed by atoms with Gasteiger partial charge in [-0.2, -0.15) is 0 Å². The summed E-state index contributed by atoms with van der Waals surface area (Å²) in [6.45, 7) is 1.75. The number of amides is 1. The minimum atomic E-state index is -0.604. The summed E-state index contributed by atoms with van der Waals surface area (Å²) in [6, 6.07) is 15.9. The van der Waals surface area contributed by atoms with Gasteiger partial charge in [-0.3, -0.25) is 4.79 Å². The predicted molar refractivity (Wildman–Crippen MR) is 91.5 cm³/mol. The van der Waals surface area contributed by atoms with Crippen LogP contribution < -0.4 is 10.1 Å². The summed E-state index contributed by atoms with van der Waals surface area (Å²) >= 11 is 0. The van der Waals surface area contributed by atoms with Crippen LogP contribution in [0.15, 0.2) is 60.3 Å². The number of hydrogen-bond donors (Lipinski definition) is 1. The average Bonchev–Trinajstić information content (AvgIpc) is 2.65. The Balaban J connectivity index is 2.35. The lowest BCUT2D eigenvalue weighted by Gasteiger charge is -2.13. The number of allylic oxidation sites excluding steroid dienone is 1. The molecule has 1 N–H and O–H groups in total. The maximum absolute atomic E-state index is 12.3. The van der Waals surface area contributed by atoms with Gasteiger partial charge in [0.2, 0.25) is 0 Å². The third-order valence-electron chi connectivity index (χ3n) is 3.56. The van der Waals surface area contributed by atoms with Crippen LogP contribution in [0, 0.1) is 0 Å². The van der Waals surface area contributed by atoms with E-state index in [2.05, 4.69) is 5.32 Å². The maximum Gasteiger partial charge on any atom is 0.354 e. The fourth-order valence-electron chi connectivity index (χ4n) is 2.16. The van der Waals surface area contributed by atoms with Crippen LogP contribution in [0.25, 0.3) is 5.57 Å². The molecular weight excluding hydrogens is 306 g/mol. The Morgan fingerprint density at radius 3 is 2.04 bits per heavy atom. The van der Waals surface area contributed by atoms with Crippen molar-refractivity contribution in [3.8, 4) is 5.75 Å². The highest BCUT2D eigenvalue weighted by molar-refractivity contribution is 6.05. The highest BCUT2D eigenvalue weighted by atomic mass is 16.5. The largest absolute Gasteiger partial charge is 0.497 e. The van der Waals surface area contributed by atoms with Crippen molar-refractivity contribution in [1.82, 2.24) is 5.32 Å². The minimum absolute atomic E-state index is 0.108. The lowest BCUT2D eigenvalue weighted by atomic mass is 10.0. The number of ether oxygens (including phenoxy) is 2. The monoisotopic (exact) mass is 325 g/mol. The Bertz CT molecular complexity index is 749. The smallest absolute Gasteiger partial charge is 0.354 e. The van der Waals surface area contributed by atoms with Gasteiger partial charge in [0.25, 0.3) is 5.91 Å². The van der Waals surface area contributed by atoms with Crippen LogP contribution in [0.5, 0.6) is 5.75 Å². The van der Waals surface area contributed by atoms with E-state index in [1.807, 2.05) is 18.2 Å². The van der Waals surface area contributed by atoms with Crippen LogP contribution in [-0.2, 0) is 9.53 Å². The molecule has 124 valence electrons. The summed E-state index contributed by atoms with van der Waals surface area (Å²) in [5, 5.41) is 2.65. The van der Waals surface area contributed by atoms with Crippen LogP contribution in [0.2, 0.25) is 0 Å². The lowest BCUT2D eigenvalue weighted by Crippen LogP contribution is -2.29. The first-order valence-corrected chi connectivity index (χ1v) is 7.37. The van der Waals surface area contributed by atoms with Crippen LogP contribution in [0.3, 0.4) is 0 Å². The Morgan fingerprint density at radius 2 is 1.50 bits per heavy atom. The second-order valence-corrected chi connectivity index (χ2v) is 5.04. The number of nitrogens with one attached hydrogen (secondary N) is 1. The fraction of sp³-hybridized carbons (Fsp3) is 0.158. The molecule has 0 radical (unpaired) electrons. The van der Waals surface area contributed by atoms with E-state index >= 15 is 0 Å². The Hall–Kier alpha value is -3.08. The van der Waals surface area contributed by atoms with E-state index in [9.17, 15) is 9.59 Å². The molecule has 0 aromatic heterocycles. The molecule has 24 heavy (non-hydrogen) atoms. The van der Waals surface area contributed by atoms with Crippen molar-refractivity contribution in [3.05, 3.63) is 71.4 Å². The van der Waals surface area contributed by atoms with E-state index in [1.54, 1.807) is 50.4 Å². The molecule has 2 aromatic rings. The van der Waals surface area contributed by atoms with Gasteiger partial charge in [0, 0.05) is 5.56 Å². The summed E-state index contributed by atoms with van der Waals surface area (Å²) in [6.07, 6.45) is 0. The second-order valence-electron chi connectivity index (χ2n) is 5.04. The Morgan fingerprint density at radius 1 is 0.875 bits per heavy atom. The van der Waals surface area contributed by atoms with E-state index in [1.165, 1.54) is 7.11 Å². The number of benzene rings is 2. The number of carbonyl (C=O) groups is 2. The molecule has 2 rings (SSSR count). The number of esters is 1. The fourth-order valence-corrected chi connectivity index (χ4v) is 2.16. The van der Waals surface area contributed by atoms with E-state index in [0.717, 1.165) is 5.56 Å². The molecule has 0 spiro atoms. The zero-order valence-corrected chi connectivity index (χ0v) is 13.8. The molecule has 0 unspecified atom stereocenters. The van der Waals surface area contributed by atoms with Crippen molar-refractivity contribution >= 4 is 17.4 Å². The van der Waals surface area contributed by atoms with Crippen LogP contribution in [0.1, 0.15) is 22.8 Å². The molecule has 0 heterocycles. The summed E-state index contributed by atoms with van der Waals surface area (Å²) in [4.78, 5) is 24.4. The van der Waals surface area contributed by atoms with Crippen molar-refractivity contribution in [2.75, 3.05) is 14.2 Å². The van der Waals surface area contributed by atoms with Gasteiger partial charge in [0.15, 0.2) is 0 Å². The van der Waals surface area contributed by atoms with Crippen LogP contribution in [0.4, 0.5) is 0 Å². The Kier molecular flexibility index (Phi) is 5.73. The molecule has 1 amide bonds. The minimum Gasteiger partial charge on any atom is -0.497 e. The quantitative estimate of drug-likeness (QED) is 0.678. The number of rotatable bonds is 5. The summed E-state index contributed by atoms with van der Waals surface area (Å²) in [5.74, 6) is -0.268. The first kappa shape index (κ1) is 17.3. The van der Waals surface area contributed by atoms with Gasteiger partial charge in [-0.25, -0.2) is 4.79 Å². The predicted octanol–water partition coefficient (Wildman–Crippen LogP) is 3.03. The normalized spacial score (nSPS) is 11.3. The van der Waals surface area contributed by atoms with Crippen LogP contribution in [-0.4, -0.2) is 26.1 Å². The Labute approximate surface area is 140 Å². The van der Waals surface area contributed by atoms with E-state index in [4.69, 9.17) is 9.47 Å². The molecular formula is C19H19NO4. The van der Waals surface area contributed by atoms with Crippen LogP contribution >= 0.6 is 0 Å². The van der Waals surface area contributed by atoms with Crippen molar-refractivity contribution < 1.29 is 19.1 Å². The molecule has 0 aliphatic rings. The van der Waals surface area contributed by atoms with Crippen molar-refractivity contribution in [2.45, 2.75) is 6.92 Å². The molecule has 0 fully saturated rings. The molecule has 0 saturated heterocycles. The molecule has 2 aromatic carbocycles. The van der Waals surface area contributed by atoms with Gasteiger partial charge in [0.1, 0.15) is 11.4 Å². The molecule has 0 atom stereocenters. The summed E-state index contributed by atoms with van der Waals surface area (Å²) < 4.78 is 9.92. The lowest BCUT2D eigenvalue weighted by molar-refractivity contribution is -0.136. The third-order valence-corrected chi connectivity index (χ3v) is 3.56. The van der Waals surface area contributed by atoms with E-state index < -0.39 is 5.97 Å². The highest BCUT2D eigenvalue weighted by Gasteiger charge is 2.18. The standard InChI is InChI=1S/C19H19NO4/c1-13(14-9-11-16(23-2)12-10-14)17(19(22)24-3)20-18(21)15-7-5-4-6-8-15/h4-12H,1-3H3,(H,20,21)/b17-13-. The molecule has 0 aliphatic carbocycles. The van der Waals surface area contributed by atoms with Gasteiger partial charge in [0.05, 0.1) is 14.2 Å². The van der Waals surface area contributed by atoms with E-state index in [-0.39, 0.29) is 11.6 Å². The first-order valence-electron chi connectivity index (χ1n) is 7.37. The number of hydrogen-bond acceptors (Lipinski definition) is 4. The van der Waals surface area contributed by atoms with E-state index in [0.29, 0.717) is 16.9 Å².